The number of hydrogen-bond acceptors (Lipinski definition) is 3. The van der Waals surface area contributed by atoms with E-state index in [9.17, 15) is 10.1 Å². The molecule has 0 aromatic heterocycles. The fourth-order valence-corrected chi connectivity index (χ4v) is 2.27. The Balaban J connectivity index is 2.40. The van der Waals surface area contributed by atoms with Crippen molar-refractivity contribution < 1.29 is 9.66 Å². The number of benzene rings is 2. The minimum Gasteiger partial charge on any atom is -0.449 e. The Kier molecular flexibility index (Phi) is 4.07. The zero-order valence-corrected chi connectivity index (χ0v) is 12.2. The van der Waals surface area contributed by atoms with Crippen molar-refractivity contribution in [3.05, 3.63) is 61.6 Å². The molecule has 2 aromatic carbocycles. The number of nitro benzene ring substituents is 1. The van der Waals surface area contributed by atoms with Gasteiger partial charge in [-0.3, -0.25) is 10.1 Å². The highest BCUT2D eigenvalue weighted by atomic mass is 79.9. The lowest BCUT2D eigenvalue weighted by Gasteiger charge is -2.08. The fourth-order valence-electron chi connectivity index (χ4n) is 1.53. The summed E-state index contributed by atoms with van der Waals surface area (Å²) in [5.74, 6) is 0.662. The first-order valence-corrected chi connectivity index (χ1v) is 6.52. The largest absolute Gasteiger partial charge is 0.449 e. The van der Waals surface area contributed by atoms with Gasteiger partial charge in [0.2, 0.25) is 5.75 Å². The van der Waals surface area contributed by atoms with Gasteiger partial charge in [0.15, 0.2) is 0 Å². The minimum absolute atomic E-state index is 0.152. The van der Waals surface area contributed by atoms with E-state index in [1.807, 2.05) is 19.1 Å². The zero-order valence-electron chi connectivity index (χ0n) is 9.89. The molecular weight excluding hydrogens is 334 g/mol. The molecule has 0 saturated heterocycles. The quantitative estimate of drug-likeness (QED) is 0.575. The van der Waals surface area contributed by atoms with E-state index < -0.39 is 4.92 Å². The SMILES string of the molecule is Cc1ccc(Oc2ccc(Cl)cc2[N+](=O)[O-])c(Br)c1. The highest BCUT2D eigenvalue weighted by Gasteiger charge is 2.17. The zero-order chi connectivity index (χ0) is 14.0. The van der Waals surface area contributed by atoms with Crippen molar-refractivity contribution in [1.29, 1.82) is 0 Å². The third-order valence-electron chi connectivity index (χ3n) is 2.42. The second kappa shape index (κ2) is 5.59. The van der Waals surface area contributed by atoms with Gasteiger partial charge in [-0.05, 0) is 52.7 Å². The van der Waals surface area contributed by atoms with Crippen LogP contribution >= 0.6 is 27.5 Å². The van der Waals surface area contributed by atoms with E-state index in [-0.39, 0.29) is 11.4 Å². The normalized spacial score (nSPS) is 10.3. The number of aryl methyl sites for hydroxylation is 1. The molecule has 2 aromatic rings. The van der Waals surface area contributed by atoms with Crippen LogP contribution in [0, 0.1) is 17.0 Å². The lowest BCUT2D eigenvalue weighted by molar-refractivity contribution is -0.385. The van der Waals surface area contributed by atoms with Crippen molar-refractivity contribution in [3.63, 3.8) is 0 Å². The summed E-state index contributed by atoms with van der Waals surface area (Å²) in [6.07, 6.45) is 0. The molecule has 0 radical (unpaired) electrons. The maximum atomic E-state index is 11.0. The molecule has 0 unspecified atom stereocenters. The Morgan fingerprint density at radius 3 is 2.53 bits per heavy atom. The van der Waals surface area contributed by atoms with Crippen LogP contribution in [-0.4, -0.2) is 4.92 Å². The lowest BCUT2D eigenvalue weighted by atomic mass is 10.2. The average molecular weight is 343 g/mol. The Hall–Kier alpha value is -1.59. The Bertz CT molecular complexity index is 646. The number of nitro groups is 1. The topological polar surface area (TPSA) is 52.4 Å². The van der Waals surface area contributed by atoms with Crippen molar-refractivity contribution in [2.75, 3.05) is 0 Å². The molecule has 0 aliphatic carbocycles. The number of ether oxygens (including phenoxy) is 1. The molecular formula is C13H9BrClNO3. The molecule has 98 valence electrons. The molecule has 0 bridgehead atoms. The van der Waals surface area contributed by atoms with Gasteiger partial charge in [-0.25, -0.2) is 0 Å². The molecule has 4 nitrogen and oxygen atoms in total. The van der Waals surface area contributed by atoms with Gasteiger partial charge in [0.25, 0.3) is 0 Å². The Labute approximate surface area is 123 Å². The van der Waals surface area contributed by atoms with E-state index >= 15 is 0 Å². The molecule has 0 fully saturated rings. The van der Waals surface area contributed by atoms with Crippen LogP contribution in [0.3, 0.4) is 0 Å². The van der Waals surface area contributed by atoms with E-state index in [1.54, 1.807) is 12.1 Å². The molecule has 0 N–H and O–H groups in total. The fraction of sp³-hybridized carbons (Fsp3) is 0.0769. The molecule has 0 aliphatic rings. The second-order valence-electron chi connectivity index (χ2n) is 3.91. The standard InChI is InChI=1S/C13H9BrClNO3/c1-8-2-4-12(10(14)6-8)19-13-5-3-9(15)7-11(13)16(17)18/h2-7H,1H3. The molecule has 0 atom stereocenters. The van der Waals surface area contributed by atoms with Gasteiger partial charge in [-0.2, -0.15) is 0 Å². The van der Waals surface area contributed by atoms with Gasteiger partial charge < -0.3 is 4.74 Å². The predicted octanol–water partition coefficient (Wildman–Crippen LogP) is 5.11. The van der Waals surface area contributed by atoms with Crippen LogP contribution < -0.4 is 4.74 Å². The summed E-state index contributed by atoms with van der Waals surface area (Å²) in [7, 11) is 0. The van der Waals surface area contributed by atoms with Gasteiger partial charge in [0.1, 0.15) is 5.75 Å². The minimum atomic E-state index is -0.524. The average Bonchev–Trinajstić information content (AvgIpc) is 2.34. The van der Waals surface area contributed by atoms with Gasteiger partial charge >= 0.3 is 5.69 Å². The van der Waals surface area contributed by atoms with Crippen molar-refractivity contribution in [3.8, 4) is 11.5 Å². The Morgan fingerprint density at radius 2 is 1.89 bits per heavy atom. The smallest absolute Gasteiger partial charge is 0.313 e. The van der Waals surface area contributed by atoms with E-state index in [2.05, 4.69) is 15.9 Å². The van der Waals surface area contributed by atoms with Crippen LogP contribution in [0.1, 0.15) is 5.56 Å². The lowest BCUT2D eigenvalue weighted by Crippen LogP contribution is -1.94. The van der Waals surface area contributed by atoms with E-state index in [4.69, 9.17) is 16.3 Å². The highest BCUT2D eigenvalue weighted by Crippen LogP contribution is 2.36. The number of rotatable bonds is 3. The molecule has 0 heterocycles. The summed E-state index contributed by atoms with van der Waals surface area (Å²) < 4.78 is 6.30. The summed E-state index contributed by atoms with van der Waals surface area (Å²) in [4.78, 5) is 10.4. The Morgan fingerprint density at radius 1 is 1.21 bits per heavy atom. The van der Waals surface area contributed by atoms with Gasteiger partial charge in [0.05, 0.1) is 9.40 Å². The number of halogens is 2. The summed E-state index contributed by atoms with van der Waals surface area (Å²) in [5, 5.41) is 11.3. The molecule has 19 heavy (non-hydrogen) atoms. The number of nitrogens with zero attached hydrogens (tertiary/aromatic N) is 1. The first-order valence-electron chi connectivity index (χ1n) is 5.35. The van der Waals surface area contributed by atoms with Gasteiger partial charge in [-0.1, -0.05) is 17.7 Å². The van der Waals surface area contributed by atoms with E-state index in [1.165, 1.54) is 12.1 Å². The molecule has 0 amide bonds. The van der Waals surface area contributed by atoms with Crippen LogP contribution in [0.5, 0.6) is 11.5 Å². The second-order valence-corrected chi connectivity index (χ2v) is 5.20. The predicted molar refractivity (Wildman–Crippen MR) is 77.1 cm³/mol. The molecule has 0 saturated carbocycles. The maximum Gasteiger partial charge on any atom is 0.313 e. The number of hydrogen-bond donors (Lipinski definition) is 0. The summed E-state index contributed by atoms with van der Waals surface area (Å²) >= 11 is 9.11. The van der Waals surface area contributed by atoms with Crippen LogP contribution in [0.2, 0.25) is 5.02 Å². The first kappa shape index (κ1) is 13.8. The molecule has 2 rings (SSSR count). The molecule has 0 aliphatic heterocycles. The highest BCUT2D eigenvalue weighted by molar-refractivity contribution is 9.10. The van der Waals surface area contributed by atoms with Gasteiger partial charge in [-0.15, -0.1) is 0 Å². The van der Waals surface area contributed by atoms with Crippen molar-refractivity contribution in [2.45, 2.75) is 6.92 Å². The molecule has 0 spiro atoms. The van der Waals surface area contributed by atoms with Crippen LogP contribution in [0.4, 0.5) is 5.69 Å². The summed E-state index contributed by atoms with van der Waals surface area (Å²) in [6, 6.07) is 9.77. The molecule has 6 heteroatoms. The van der Waals surface area contributed by atoms with E-state index in [0.29, 0.717) is 10.8 Å². The van der Waals surface area contributed by atoms with Crippen LogP contribution in [-0.2, 0) is 0 Å². The van der Waals surface area contributed by atoms with E-state index in [0.717, 1.165) is 10.0 Å². The van der Waals surface area contributed by atoms with Crippen molar-refractivity contribution >= 4 is 33.2 Å². The summed E-state index contributed by atoms with van der Waals surface area (Å²) in [5.41, 5.74) is 0.893. The third-order valence-corrected chi connectivity index (χ3v) is 3.28. The first-order chi connectivity index (χ1) is 8.97. The third kappa shape index (κ3) is 3.24. The van der Waals surface area contributed by atoms with Crippen LogP contribution in [0.25, 0.3) is 0 Å². The van der Waals surface area contributed by atoms with Crippen molar-refractivity contribution in [2.24, 2.45) is 0 Å². The monoisotopic (exact) mass is 341 g/mol. The van der Waals surface area contributed by atoms with Crippen LogP contribution in [0.15, 0.2) is 40.9 Å². The van der Waals surface area contributed by atoms with Gasteiger partial charge in [0, 0.05) is 11.1 Å². The van der Waals surface area contributed by atoms with Crippen molar-refractivity contribution in [1.82, 2.24) is 0 Å². The summed E-state index contributed by atoms with van der Waals surface area (Å²) in [6.45, 7) is 1.94. The maximum absolute atomic E-state index is 11.0.